The van der Waals surface area contributed by atoms with Crippen molar-refractivity contribution >= 4 is 11.8 Å². The van der Waals surface area contributed by atoms with E-state index in [2.05, 4.69) is 48.4 Å². The lowest BCUT2D eigenvalue weighted by molar-refractivity contribution is 0.294. The first-order valence-corrected chi connectivity index (χ1v) is 8.92. The Labute approximate surface area is 152 Å². The Morgan fingerprint density at radius 1 is 0.880 bits per heavy atom. The van der Waals surface area contributed by atoms with Crippen molar-refractivity contribution in [3.63, 3.8) is 0 Å². The van der Waals surface area contributed by atoms with Gasteiger partial charge in [-0.05, 0) is 60.7 Å². The number of halogens is 5. The molecule has 2 rings (SSSR count). The summed E-state index contributed by atoms with van der Waals surface area (Å²) in [6.07, 6.45) is 11.1. The summed E-state index contributed by atoms with van der Waals surface area (Å²) in [5.41, 5.74) is 0. The van der Waals surface area contributed by atoms with Crippen molar-refractivity contribution in [2.45, 2.75) is 63.2 Å². The summed E-state index contributed by atoms with van der Waals surface area (Å²) in [5.74, 6) is 5.11. The highest BCUT2D eigenvalue weighted by Gasteiger charge is 2.19. The Morgan fingerprint density at radius 3 is 2.04 bits per heavy atom. The standard InChI is InChI=1S/C19H26S.5FH/c1-2-3-5-8-17-11-13-18(14-12-17)15-16-20-19-9-6-4-7-10-19;;;;;/h4,6-7,9-10,17-18H,2-3,5,8,11-14H2,1H3;5*1H. The maximum Gasteiger partial charge on any atom is 0.0212 e. The normalized spacial score (nSPS) is 17.6. The molecule has 0 unspecified atom stereocenters. The lowest BCUT2D eigenvalue weighted by Gasteiger charge is -2.25. The van der Waals surface area contributed by atoms with Crippen LogP contribution in [0.5, 0.6) is 0 Å². The van der Waals surface area contributed by atoms with E-state index in [4.69, 9.17) is 0 Å². The molecular weight excluding hydrogens is 355 g/mol. The van der Waals surface area contributed by atoms with Crippen molar-refractivity contribution in [2.24, 2.45) is 11.8 Å². The Bertz CT molecular complexity index is 436. The van der Waals surface area contributed by atoms with Crippen LogP contribution in [0.15, 0.2) is 35.2 Å². The zero-order valence-electron chi connectivity index (χ0n) is 14.6. The van der Waals surface area contributed by atoms with Crippen molar-refractivity contribution in [3.05, 3.63) is 30.3 Å². The lowest BCUT2D eigenvalue weighted by atomic mass is 9.80. The average molecular weight is 387 g/mol. The van der Waals surface area contributed by atoms with E-state index in [0.29, 0.717) is 5.92 Å². The van der Waals surface area contributed by atoms with Crippen LogP contribution in [0, 0.1) is 23.0 Å². The zero-order valence-corrected chi connectivity index (χ0v) is 15.5. The molecule has 0 heterocycles. The molecule has 0 aromatic heterocycles. The van der Waals surface area contributed by atoms with Gasteiger partial charge in [0.1, 0.15) is 0 Å². The van der Waals surface area contributed by atoms with Gasteiger partial charge < -0.3 is 0 Å². The van der Waals surface area contributed by atoms with E-state index in [1.54, 1.807) is 11.8 Å². The molecule has 1 fully saturated rings. The van der Waals surface area contributed by atoms with Crippen molar-refractivity contribution in [3.8, 4) is 11.2 Å². The number of unbranched alkanes of at least 4 members (excludes halogenated alkanes) is 2. The molecule has 0 amide bonds. The number of rotatable bonds is 5. The molecule has 6 heteroatoms. The molecule has 0 spiro atoms. The molecule has 0 bridgehead atoms. The number of benzene rings is 1. The monoisotopic (exact) mass is 386 g/mol. The third kappa shape index (κ3) is 12.7. The van der Waals surface area contributed by atoms with Gasteiger partial charge in [0.05, 0.1) is 0 Å². The van der Waals surface area contributed by atoms with Gasteiger partial charge in [-0.15, -0.1) is 0 Å². The van der Waals surface area contributed by atoms with Gasteiger partial charge in [-0.1, -0.05) is 56.7 Å². The first kappa shape index (κ1) is 31.5. The molecule has 0 N–H and O–H groups in total. The van der Waals surface area contributed by atoms with Crippen LogP contribution < -0.4 is 0 Å². The molecule has 0 saturated heterocycles. The fourth-order valence-electron chi connectivity index (χ4n) is 2.94. The van der Waals surface area contributed by atoms with Crippen LogP contribution in [0.2, 0.25) is 0 Å². The minimum absolute atomic E-state index is 0. The predicted octanol–water partition coefficient (Wildman–Crippen LogP) is 6.89. The smallest absolute Gasteiger partial charge is 0.0212 e. The van der Waals surface area contributed by atoms with Gasteiger partial charge >= 0.3 is 0 Å². The van der Waals surface area contributed by atoms with Crippen molar-refractivity contribution in [1.82, 2.24) is 0 Å². The summed E-state index contributed by atoms with van der Waals surface area (Å²) in [6, 6.07) is 10.5. The van der Waals surface area contributed by atoms with Gasteiger partial charge in [-0.3, -0.25) is 23.5 Å². The van der Waals surface area contributed by atoms with Gasteiger partial charge in [0.25, 0.3) is 0 Å². The quantitative estimate of drug-likeness (QED) is 0.230. The predicted molar refractivity (Wildman–Crippen MR) is 102 cm³/mol. The number of hydrogen-bond acceptors (Lipinski definition) is 1. The highest BCUT2D eigenvalue weighted by atomic mass is 32.2. The Morgan fingerprint density at radius 2 is 1.48 bits per heavy atom. The molecule has 25 heavy (non-hydrogen) atoms. The van der Waals surface area contributed by atoms with E-state index >= 15 is 0 Å². The number of thioether (sulfide) groups is 1. The Balaban J connectivity index is -0.000000441. The first-order valence-electron chi connectivity index (χ1n) is 8.11. The highest BCUT2D eigenvalue weighted by Crippen LogP contribution is 2.32. The lowest BCUT2D eigenvalue weighted by Crippen LogP contribution is -2.13. The van der Waals surface area contributed by atoms with Crippen molar-refractivity contribution in [2.75, 3.05) is 0 Å². The summed E-state index contributed by atoms with van der Waals surface area (Å²) in [4.78, 5) is 1.26. The zero-order chi connectivity index (χ0) is 14.0. The van der Waals surface area contributed by atoms with Crippen LogP contribution in [-0.2, 0) is 0 Å². The average Bonchev–Trinajstić information content (AvgIpc) is 2.50. The van der Waals surface area contributed by atoms with Gasteiger partial charge in [-0.2, -0.15) is 0 Å². The molecule has 1 aromatic rings. The van der Waals surface area contributed by atoms with Gasteiger partial charge in [-0.25, -0.2) is 0 Å². The second-order valence-electron chi connectivity index (χ2n) is 5.87. The SMILES string of the molecule is CCCCCC1CCC(C#CSc2ccccc2)CC1.F.F.F.F.F. The maximum atomic E-state index is 3.47. The van der Waals surface area contributed by atoms with E-state index in [1.165, 1.54) is 56.3 Å². The number of hydrogen-bond donors (Lipinski definition) is 0. The Hall–Kier alpha value is -1.22. The largest absolute Gasteiger partial charge is 0.269 e. The van der Waals surface area contributed by atoms with Gasteiger partial charge in [0.2, 0.25) is 0 Å². The second-order valence-corrected chi connectivity index (χ2v) is 6.75. The second kappa shape index (κ2) is 19.1. The molecule has 1 saturated carbocycles. The fourth-order valence-corrected chi connectivity index (χ4v) is 3.58. The van der Waals surface area contributed by atoms with Crippen molar-refractivity contribution < 1.29 is 23.5 Å². The molecule has 0 atom stereocenters. The minimum Gasteiger partial charge on any atom is -0.269 e. The van der Waals surface area contributed by atoms with E-state index in [-0.39, 0.29) is 23.5 Å². The fraction of sp³-hybridized carbons (Fsp3) is 0.579. The molecule has 1 aliphatic carbocycles. The molecule has 0 aliphatic heterocycles. The summed E-state index contributed by atoms with van der Waals surface area (Å²) in [5, 5.41) is 3.31. The highest BCUT2D eigenvalue weighted by molar-refractivity contribution is 8.03. The third-order valence-corrected chi connectivity index (χ3v) is 4.97. The Kier molecular flexibility index (Phi) is 24.1. The van der Waals surface area contributed by atoms with Crippen LogP contribution in [-0.4, -0.2) is 0 Å². The van der Waals surface area contributed by atoms with Crippen LogP contribution in [0.1, 0.15) is 58.3 Å². The minimum atomic E-state index is 0. The van der Waals surface area contributed by atoms with Gasteiger partial charge in [0.15, 0.2) is 0 Å². The van der Waals surface area contributed by atoms with Crippen LogP contribution in [0.3, 0.4) is 0 Å². The maximum absolute atomic E-state index is 3.47. The molecular formula is C19H31F5S. The van der Waals surface area contributed by atoms with E-state index in [9.17, 15) is 0 Å². The summed E-state index contributed by atoms with van der Waals surface area (Å²) in [7, 11) is 0. The summed E-state index contributed by atoms with van der Waals surface area (Å²) in [6.45, 7) is 2.29. The van der Waals surface area contributed by atoms with Crippen LogP contribution in [0.4, 0.5) is 23.5 Å². The molecule has 1 aromatic carbocycles. The molecule has 148 valence electrons. The summed E-state index contributed by atoms with van der Waals surface area (Å²) < 4.78 is 0. The van der Waals surface area contributed by atoms with E-state index in [1.807, 2.05) is 0 Å². The van der Waals surface area contributed by atoms with Crippen LogP contribution in [0.25, 0.3) is 0 Å². The topological polar surface area (TPSA) is 0 Å². The molecule has 0 nitrogen and oxygen atoms in total. The first-order chi connectivity index (χ1) is 9.88. The van der Waals surface area contributed by atoms with Gasteiger partial charge in [0, 0.05) is 10.8 Å². The molecule has 1 aliphatic rings. The summed E-state index contributed by atoms with van der Waals surface area (Å²) >= 11 is 1.67. The third-order valence-electron chi connectivity index (χ3n) is 4.24. The van der Waals surface area contributed by atoms with E-state index < -0.39 is 0 Å². The van der Waals surface area contributed by atoms with Crippen molar-refractivity contribution in [1.29, 1.82) is 0 Å². The van der Waals surface area contributed by atoms with E-state index in [0.717, 1.165) is 5.92 Å². The molecule has 0 radical (unpaired) electrons. The van der Waals surface area contributed by atoms with Crippen LogP contribution >= 0.6 is 11.8 Å².